The van der Waals surface area contributed by atoms with Crippen molar-refractivity contribution >= 4 is 45.7 Å². The summed E-state index contributed by atoms with van der Waals surface area (Å²) in [5.41, 5.74) is 1.74. The van der Waals surface area contributed by atoms with E-state index in [1.54, 1.807) is 0 Å². The molecule has 1 aliphatic rings. The van der Waals surface area contributed by atoms with Crippen LogP contribution in [0.5, 0.6) is 0 Å². The van der Waals surface area contributed by atoms with Gasteiger partial charge < -0.3 is 5.32 Å². The van der Waals surface area contributed by atoms with Crippen LogP contribution in [-0.4, -0.2) is 28.1 Å². The summed E-state index contributed by atoms with van der Waals surface area (Å²) in [7, 11) is 0. The highest BCUT2D eigenvalue weighted by molar-refractivity contribution is 8.16. The highest BCUT2D eigenvalue weighted by atomic mass is 35.5. The van der Waals surface area contributed by atoms with Crippen LogP contribution in [0.3, 0.4) is 0 Å². The molecule has 0 aromatic heterocycles. The number of hydrogen-bond acceptors (Lipinski definition) is 4. The third kappa shape index (κ3) is 4.76. The normalized spacial score (nSPS) is 18.8. The second kappa shape index (κ2) is 8.23. The first-order valence-electron chi connectivity index (χ1n) is 8.53. The van der Waals surface area contributed by atoms with Crippen LogP contribution in [0, 0.1) is 5.82 Å². The number of hydrogen-bond donors (Lipinski definition) is 1. The lowest BCUT2D eigenvalue weighted by molar-refractivity contribution is -0.113. The molecule has 1 amide bonds. The quantitative estimate of drug-likeness (QED) is 0.747. The molecule has 0 saturated heterocycles. The van der Waals surface area contributed by atoms with E-state index in [2.05, 4.69) is 5.32 Å². The Kier molecular flexibility index (Phi) is 5.97. The van der Waals surface area contributed by atoms with Crippen molar-refractivity contribution in [2.24, 2.45) is 9.98 Å². The Morgan fingerprint density at radius 2 is 1.96 bits per heavy atom. The lowest BCUT2D eigenvalue weighted by Gasteiger charge is -2.13. The summed E-state index contributed by atoms with van der Waals surface area (Å²) < 4.78 is 13.2. The molecular weight excluding hydrogens is 385 g/mol. The van der Waals surface area contributed by atoms with Crippen molar-refractivity contribution in [3.8, 4) is 0 Å². The summed E-state index contributed by atoms with van der Waals surface area (Å²) in [5, 5.41) is 3.44. The van der Waals surface area contributed by atoms with Crippen LogP contribution < -0.4 is 5.32 Å². The van der Waals surface area contributed by atoms with Crippen LogP contribution in [0.4, 0.5) is 10.1 Å². The first kappa shape index (κ1) is 19.6. The van der Waals surface area contributed by atoms with Crippen LogP contribution in [0.1, 0.15) is 25.8 Å². The van der Waals surface area contributed by atoms with Gasteiger partial charge in [-0.05, 0) is 31.5 Å². The van der Waals surface area contributed by atoms with E-state index in [0.29, 0.717) is 5.69 Å². The summed E-state index contributed by atoms with van der Waals surface area (Å²) in [6.45, 7) is 4.01. The van der Waals surface area contributed by atoms with Gasteiger partial charge in [-0.15, -0.1) is 0 Å². The highest BCUT2D eigenvalue weighted by Crippen LogP contribution is 2.29. The molecule has 1 aliphatic heterocycles. The van der Waals surface area contributed by atoms with Crippen LogP contribution in [0.2, 0.25) is 5.02 Å². The number of nitrogens with zero attached hydrogens (tertiary/aromatic N) is 2. The molecule has 0 saturated carbocycles. The van der Waals surface area contributed by atoms with Gasteiger partial charge in [-0.25, -0.2) is 9.38 Å². The highest BCUT2D eigenvalue weighted by Gasteiger charge is 2.31. The van der Waals surface area contributed by atoms with Crippen LogP contribution in [0.25, 0.3) is 0 Å². The number of anilines is 1. The van der Waals surface area contributed by atoms with Crippen LogP contribution in [-0.2, 0) is 4.79 Å². The predicted molar refractivity (Wildman–Crippen MR) is 112 cm³/mol. The topological polar surface area (TPSA) is 53.8 Å². The fraction of sp³-hybridized carbons (Fsp3) is 0.250. The van der Waals surface area contributed by atoms with Crippen molar-refractivity contribution in [3.05, 3.63) is 64.9 Å². The minimum Gasteiger partial charge on any atom is -0.325 e. The average Bonchev–Trinajstić information content (AvgIpc) is 3.01. The lowest BCUT2D eigenvalue weighted by atomic mass is 10.1. The van der Waals surface area contributed by atoms with Gasteiger partial charge in [0.2, 0.25) is 5.91 Å². The number of amides is 1. The standard InChI is InChI=1S/C20H19ClFN3OS/c1-3-20(2)24-18(13-7-5-4-6-8-13)19(25-20)27-12-17(26)23-14-9-10-16(22)15(21)11-14/h4-11H,3,12H2,1-2H3,(H,23,26)/t20-/m1/s1. The minimum atomic E-state index is -0.521. The van der Waals surface area contributed by atoms with Crippen LogP contribution in [0.15, 0.2) is 58.5 Å². The molecule has 0 bridgehead atoms. The van der Waals surface area contributed by atoms with Crippen molar-refractivity contribution < 1.29 is 9.18 Å². The van der Waals surface area contributed by atoms with Crippen molar-refractivity contribution in [1.29, 1.82) is 0 Å². The Hall–Kier alpha value is -2.18. The molecule has 0 aliphatic carbocycles. The summed E-state index contributed by atoms with van der Waals surface area (Å²) in [5.74, 6) is -0.575. The molecular formula is C20H19ClFN3OS. The van der Waals surface area contributed by atoms with Gasteiger partial charge >= 0.3 is 0 Å². The second-order valence-corrected chi connectivity index (χ2v) is 7.65. The number of nitrogens with one attached hydrogen (secondary N) is 1. The van der Waals surface area contributed by atoms with Crippen molar-refractivity contribution in [2.75, 3.05) is 11.1 Å². The SMILES string of the molecule is CC[C@@]1(C)N=C(SCC(=O)Nc2ccc(F)c(Cl)c2)C(c2ccccc2)=N1. The Balaban J connectivity index is 1.70. The van der Waals surface area contributed by atoms with Gasteiger partial charge in [0.25, 0.3) is 0 Å². The van der Waals surface area contributed by atoms with Crippen molar-refractivity contribution in [1.82, 2.24) is 0 Å². The van der Waals surface area contributed by atoms with E-state index in [1.165, 1.54) is 30.0 Å². The molecule has 7 heteroatoms. The van der Waals surface area contributed by atoms with Gasteiger partial charge in [0.15, 0.2) is 0 Å². The summed E-state index contributed by atoms with van der Waals surface area (Å²) >= 11 is 7.09. The smallest absolute Gasteiger partial charge is 0.234 e. The number of benzene rings is 2. The number of thioether (sulfide) groups is 1. The van der Waals surface area contributed by atoms with E-state index in [4.69, 9.17) is 21.6 Å². The Morgan fingerprint density at radius 3 is 2.63 bits per heavy atom. The molecule has 0 radical (unpaired) electrons. The zero-order valence-corrected chi connectivity index (χ0v) is 16.6. The number of aliphatic imine (C=N–C) groups is 2. The monoisotopic (exact) mass is 403 g/mol. The van der Waals surface area contributed by atoms with Crippen molar-refractivity contribution in [3.63, 3.8) is 0 Å². The van der Waals surface area contributed by atoms with Crippen LogP contribution >= 0.6 is 23.4 Å². The van der Waals surface area contributed by atoms with Gasteiger partial charge in [0.05, 0.1) is 16.5 Å². The maximum Gasteiger partial charge on any atom is 0.234 e. The molecule has 27 heavy (non-hydrogen) atoms. The molecule has 1 atom stereocenters. The molecule has 0 unspecified atom stereocenters. The molecule has 1 N–H and O–H groups in total. The maximum atomic E-state index is 13.2. The number of halogens is 2. The lowest BCUT2D eigenvalue weighted by Crippen LogP contribution is -2.17. The summed E-state index contributed by atoms with van der Waals surface area (Å²) in [4.78, 5) is 21.8. The third-order valence-corrected chi connectivity index (χ3v) is 5.41. The van der Waals surface area contributed by atoms with Gasteiger partial charge in [0.1, 0.15) is 16.5 Å². The molecule has 0 fully saturated rings. The van der Waals surface area contributed by atoms with Crippen molar-refractivity contribution in [2.45, 2.75) is 25.9 Å². The predicted octanol–water partition coefficient (Wildman–Crippen LogP) is 5.18. The van der Waals surface area contributed by atoms with E-state index in [1.807, 2.05) is 44.2 Å². The van der Waals surface area contributed by atoms with E-state index in [9.17, 15) is 9.18 Å². The van der Waals surface area contributed by atoms with E-state index in [-0.39, 0.29) is 16.7 Å². The van der Waals surface area contributed by atoms with Gasteiger partial charge in [-0.1, -0.05) is 60.6 Å². The minimum absolute atomic E-state index is 0.0298. The fourth-order valence-corrected chi connectivity index (χ4v) is 3.62. The maximum absolute atomic E-state index is 13.2. The third-order valence-electron chi connectivity index (χ3n) is 4.16. The molecule has 140 valence electrons. The van der Waals surface area contributed by atoms with Gasteiger partial charge in [-0.2, -0.15) is 0 Å². The molecule has 1 heterocycles. The molecule has 4 nitrogen and oxygen atoms in total. The number of rotatable bonds is 5. The fourth-order valence-electron chi connectivity index (χ4n) is 2.53. The zero-order valence-electron chi connectivity index (χ0n) is 15.0. The largest absolute Gasteiger partial charge is 0.325 e. The summed E-state index contributed by atoms with van der Waals surface area (Å²) in [6, 6.07) is 13.9. The van der Waals surface area contributed by atoms with Gasteiger partial charge in [0, 0.05) is 11.3 Å². The number of carbonyl (C=O) groups is 1. The summed E-state index contributed by atoms with van der Waals surface area (Å²) in [6.07, 6.45) is 0.771. The number of carbonyl (C=O) groups excluding carboxylic acids is 1. The molecule has 2 aromatic rings. The molecule has 0 spiro atoms. The Labute approximate surface area is 166 Å². The average molecular weight is 404 g/mol. The van der Waals surface area contributed by atoms with E-state index >= 15 is 0 Å². The van der Waals surface area contributed by atoms with E-state index < -0.39 is 11.5 Å². The first-order valence-corrected chi connectivity index (χ1v) is 9.90. The zero-order chi connectivity index (χ0) is 19.4. The second-order valence-electron chi connectivity index (χ2n) is 6.28. The molecule has 2 aromatic carbocycles. The van der Waals surface area contributed by atoms with E-state index in [0.717, 1.165) is 22.7 Å². The van der Waals surface area contributed by atoms with Gasteiger partial charge in [-0.3, -0.25) is 9.79 Å². The first-order chi connectivity index (χ1) is 12.9. The molecule has 3 rings (SSSR count). The Morgan fingerprint density at radius 1 is 1.22 bits per heavy atom. The Bertz CT molecular complexity index is 917.